The lowest BCUT2D eigenvalue weighted by Crippen LogP contribution is -2.28. The highest BCUT2D eigenvalue weighted by Crippen LogP contribution is 1.81. The largest absolute Gasteiger partial charge is 0.297 e. The molecule has 94 valence electrons. The summed E-state index contributed by atoms with van der Waals surface area (Å²) in [6.45, 7) is 5.28. The number of amides is 4. The van der Waals surface area contributed by atoms with Crippen molar-refractivity contribution in [3.05, 3.63) is 0 Å². The quantitative estimate of drug-likeness (QED) is 0.651. The number of imide groups is 2. The van der Waals surface area contributed by atoms with Gasteiger partial charge in [-0.3, -0.25) is 29.4 Å². The zero-order valence-corrected chi connectivity index (χ0v) is 9.58. The summed E-state index contributed by atoms with van der Waals surface area (Å²) in [5.41, 5.74) is 0. The number of carbonyl (C=O) groups excluding carboxylic acids is 4. The van der Waals surface area contributed by atoms with Crippen LogP contribution >= 0.6 is 0 Å². The predicted octanol–water partition coefficient (Wildman–Crippen LogP) is 0.316. The van der Waals surface area contributed by atoms with Crippen molar-refractivity contribution in [3.8, 4) is 0 Å². The zero-order chi connectivity index (χ0) is 12.6. The Kier molecular flexibility index (Phi) is 12.1. The van der Waals surface area contributed by atoms with Crippen LogP contribution in [0.2, 0.25) is 0 Å². The van der Waals surface area contributed by atoms with Crippen LogP contribution in [0.25, 0.3) is 0 Å². The molecular weight excluding hydrogens is 212 g/mol. The van der Waals surface area contributed by atoms with Gasteiger partial charge in [0, 0.05) is 34.7 Å². The normalized spacial score (nSPS) is 7.56. The lowest BCUT2D eigenvalue weighted by Gasteiger charge is -2.07. The van der Waals surface area contributed by atoms with Crippen molar-refractivity contribution in [2.45, 2.75) is 35.1 Å². The SMILES string of the molecule is C.CC(=O)N(C)C(C)=O.CC(=O)NC(C)=O. The highest BCUT2D eigenvalue weighted by molar-refractivity contribution is 5.92. The number of hydrogen-bond acceptors (Lipinski definition) is 4. The minimum absolute atomic E-state index is 0. The molecule has 4 amide bonds. The minimum atomic E-state index is -0.312. The van der Waals surface area contributed by atoms with Gasteiger partial charge in [-0.15, -0.1) is 0 Å². The van der Waals surface area contributed by atoms with Crippen molar-refractivity contribution < 1.29 is 19.2 Å². The molecule has 0 bridgehead atoms. The Labute approximate surface area is 96.0 Å². The second kappa shape index (κ2) is 9.82. The van der Waals surface area contributed by atoms with Gasteiger partial charge in [-0.25, -0.2) is 0 Å². The Hall–Kier alpha value is -1.72. The molecule has 0 rings (SSSR count). The molecule has 0 aromatic carbocycles. The van der Waals surface area contributed by atoms with E-state index in [1.165, 1.54) is 34.7 Å². The van der Waals surface area contributed by atoms with Crippen LogP contribution in [0.5, 0.6) is 0 Å². The van der Waals surface area contributed by atoms with Crippen molar-refractivity contribution in [1.29, 1.82) is 0 Å². The first-order valence-electron chi connectivity index (χ1n) is 4.21. The minimum Gasteiger partial charge on any atom is -0.297 e. The van der Waals surface area contributed by atoms with Gasteiger partial charge in [-0.05, 0) is 0 Å². The first kappa shape index (κ1) is 19.8. The highest BCUT2D eigenvalue weighted by atomic mass is 16.2. The fourth-order valence-corrected chi connectivity index (χ4v) is 0.470. The Balaban J connectivity index is -0.000000200. The van der Waals surface area contributed by atoms with Crippen LogP contribution in [0.3, 0.4) is 0 Å². The molecule has 0 saturated carbocycles. The lowest BCUT2D eigenvalue weighted by molar-refractivity contribution is -0.140. The molecule has 0 aromatic rings. The van der Waals surface area contributed by atoms with E-state index in [9.17, 15) is 19.2 Å². The van der Waals surface area contributed by atoms with Gasteiger partial charge < -0.3 is 0 Å². The number of nitrogens with zero attached hydrogens (tertiary/aromatic N) is 1. The van der Waals surface area contributed by atoms with Gasteiger partial charge in [-0.1, -0.05) is 7.43 Å². The lowest BCUT2D eigenvalue weighted by atomic mass is 10.5. The van der Waals surface area contributed by atoms with Gasteiger partial charge in [0.2, 0.25) is 23.6 Å². The molecule has 0 aliphatic rings. The van der Waals surface area contributed by atoms with E-state index in [4.69, 9.17) is 0 Å². The molecule has 0 unspecified atom stereocenters. The molecule has 0 atom stereocenters. The average Bonchev–Trinajstić information content (AvgIpc) is 2.00. The maximum atomic E-state index is 10.3. The Morgan fingerprint density at radius 3 is 1.06 bits per heavy atom. The molecule has 0 heterocycles. The van der Waals surface area contributed by atoms with Crippen molar-refractivity contribution in [2.24, 2.45) is 0 Å². The molecule has 0 aromatic heterocycles. The molecule has 0 spiro atoms. The number of hydrogen-bond donors (Lipinski definition) is 1. The maximum Gasteiger partial charge on any atom is 0.225 e. The summed E-state index contributed by atoms with van der Waals surface area (Å²) >= 11 is 0. The van der Waals surface area contributed by atoms with Crippen LogP contribution in [0.4, 0.5) is 0 Å². The second-order valence-corrected chi connectivity index (χ2v) is 2.83. The molecule has 0 fully saturated rings. The van der Waals surface area contributed by atoms with Gasteiger partial charge in [-0.2, -0.15) is 0 Å². The number of rotatable bonds is 0. The molecule has 0 radical (unpaired) electrons. The van der Waals surface area contributed by atoms with E-state index in [1.54, 1.807) is 0 Å². The van der Waals surface area contributed by atoms with E-state index >= 15 is 0 Å². The van der Waals surface area contributed by atoms with Crippen molar-refractivity contribution in [2.75, 3.05) is 7.05 Å². The third kappa shape index (κ3) is 14.8. The Morgan fingerprint density at radius 1 is 0.812 bits per heavy atom. The maximum absolute atomic E-state index is 10.3. The third-order valence-electron chi connectivity index (χ3n) is 1.30. The van der Waals surface area contributed by atoms with E-state index in [2.05, 4.69) is 0 Å². The first-order valence-corrected chi connectivity index (χ1v) is 4.21. The van der Waals surface area contributed by atoms with Crippen LogP contribution < -0.4 is 5.32 Å². The topological polar surface area (TPSA) is 83.6 Å². The third-order valence-corrected chi connectivity index (χ3v) is 1.30. The molecule has 0 aliphatic carbocycles. The molecular formula is C10H20N2O4. The molecule has 0 aliphatic heterocycles. The smallest absolute Gasteiger partial charge is 0.225 e. The van der Waals surface area contributed by atoms with Crippen LogP contribution in [0.15, 0.2) is 0 Å². The Bertz CT molecular complexity index is 248. The zero-order valence-electron chi connectivity index (χ0n) is 9.58. The second-order valence-electron chi connectivity index (χ2n) is 2.83. The predicted molar refractivity (Wildman–Crippen MR) is 60.4 cm³/mol. The monoisotopic (exact) mass is 232 g/mol. The fourth-order valence-electron chi connectivity index (χ4n) is 0.470. The Morgan fingerprint density at radius 2 is 1.06 bits per heavy atom. The van der Waals surface area contributed by atoms with Gasteiger partial charge in [0.1, 0.15) is 0 Å². The molecule has 6 heteroatoms. The van der Waals surface area contributed by atoms with E-state index in [0.29, 0.717) is 0 Å². The average molecular weight is 232 g/mol. The first-order chi connectivity index (χ1) is 6.68. The van der Waals surface area contributed by atoms with E-state index in [0.717, 1.165) is 4.90 Å². The molecule has 6 nitrogen and oxygen atoms in total. The van der Waals surface area contributed by atoms with E-state index in [1.807, 2.05) is 5.32 Å². The van der Waals surface area contributed by atoms with Crippen LogP contribution in [-0.4, -0.2) is 35.6 Å². The van der Waals surface area contributed by atoms with E-state index in [-0.39, 0.29) is 31.1 Å². The summed E-state index contributed by atoms with van der Waals surface area (Å²) in [6.07, 6.45) is 0. The van der Waals surface area contributed by atoms with Crippen LogP contribution in [0.1, 0.15) is 35.1 Å². The van der Waals surface area contributed by atoms with Gasteiger partial charge in [0.15, 0.2) is 0 Å². The number of nitrogens with one attached hydrogen (secondary N) is 1. The van der Waals surface area contributed by atoms with Crippen molar-refractivity contribution >= 4 is 23.6 Å². The van der Waals surface area contributed by atoms with Crippen molar-refractivity contribution in [1.82, 2.24) is 10.2 Å². The summed E-state index contributed by atoms with van der Waals surface area (Å²) in [6, 6.07) is 0. The summed E-state index contributed by atoms with van der Waals surface area (Å²) in [7, 11) is 1.45. The van der Waals surface area contributed by atoms with Gasteiger partial charge in [0.25, 0.3) is 0 Å². The summed E-state index contributed by atoms with van der Waals surface area (Å²) in [4.78, 5) is 41.5. The van der Waals surface area contributed by atoms with Crippen LogP contribution in [-0.2, 0) is 19.2 Å². The standard InChI is InChI=1S/C5H9NO2.C4H7NO2.CH4/c1-4(7)6(3)5(2)8;1-3(6)5-4(2)7;/h1-3H3;1-2H3,(H,5,6,7);1H4. The highest BCUT2D eigenvalue weighted by Gasteiger charge is 2.04. The summed E-state index contributed by atoms with van der Waals surface area (Å²) in [5.74, 6) is -1.07. The van der Waals surface area contributed by atoms with Crippen LogP contribution in [0, 0.1) is 0 Å². The molecule has 1 N–H and O–H groups in total. The fraction of sp³-hybridized carbons (Fsp3) is 0.600. The van der Waals surface area contributed by atoms with Gasteiger partial charge in [0.05, 0.1) is 0 Å². The van der Waals surface area contributed by atoms with E-state index < -0.39 is 0 Å². The summed E-state index contributed by atoms with van der Waals surface area (Å²) in [5, 5.41) is 2.03. The molecule has 16 heavy (non-hydrogen) atoms. The summed E-state index contributed by atoms with van der Waals surface area (Å²) < 4.78 is 0. The van der Waals surface area contributed by atoms with Gasteiger partial charge >= 0.3 is 0 Å². The van der Waals surface area contributed by atoms with Crippen molar-refractivity contribution in [3.63, 3.8) is 0 Å². The molecule has 0 saturated heterocycles. The number of carbonyl (C=O) groups is 4.